The molecule has 4 rings (SSSR count). The van der Waals surface area contributed by atoms with Gasteiger partial charge in [0.15, 0.2) is 0 Å². The molecular weight excluding hydrogens is 386 g/mol. The summed E-state index contributed by atoms with van der Waals surface area (Å²) in [5, 5.41) is 20.0. The Balaban J connectivity index is 1.54. The molecule has 0 saturated carbocycles. The molecule has 0 fully saturated rings. The van der Waals surface area contributed by atoms with E-state index in [2.05, 4.69) is 45.6 Å². The maximum atomic E-state index is 11.9. The maximum Gasteiger partial charge on any atom is 0.139 e. The van der Waals surface area contributed by atoms with Crippen LogP contribution in [-0.2, 0) is 4.79 Å². The molecule has 6 nitrogen and oxygen atoms in total. The highest BCUT2D eigenvalue weighted by Crippen LogP contribution is 2.32. The summed E-state index contributed by atoms with van der Waals surface area (Å²) < 4.78 is 1.91. The molecule has 0 radical (unpaired) electrons. The SMILES string of the molecule is CC1CC(CN(CCC(C(C#N)=CC2=CC2)c2ccccc2)n2cnnc2)=CCC1=O. The van der Waals surface area contributed by atoms with Crippen LogP contribution in [-0.4, -0.2) is 33.7 Å². The Bertz CT molecular complexity index is 1040. The van der Waals surface area contributed by atoms with Crippen molar-refractivity contribution in [3.05, 3.63) is 83.5 Å². The van der Waals surface area contributed by atoms with E-state index in [1.165, 1.54) is 11.1 Å². The van der Waals surface area contributed by atoms with Gasteiger partial charge in [0.25, 0.3) is 0 Å². The van der Waals surface area contributed by atoms with Crippen LogP contribution in [0.25, 0.3) is 0 Å². The number of aromatic nitrogens is 3. The number of nitrogens with zero attached hydrogens (tertiary/aromatic N) is 5. The van der Waals surface area contributed by atoms with Crippen LogP contribution in [0.3, 0.4) is 0 Å². The van der Waals surface area contributed by atoms with Crippen LogP contribution in [0, 0.1) is 17.2 Å². The average molecular weight is 414 g/mol. The number of carbonyl (C=O) groups is 1. The van der Waals surface area contributed by atoms with Crippen LogP contribution in [0.1, 0.15) is 44.1 Å². The molecule has 0 aliphatic heterocycles. The standard InChI is InChI=1S/C25H27N5O/c1-19-13-21(9-10-25(19)31)16-29(30-17-27-28-18-30)12-11-24(22-5-3-2-4-6-22)23(15-26)14-20-7-8-20/h2-7,9,14,17-19,24H,8,10-13,16H2,1H3. The maximum absolute atomic E-state index is 11.9. The highest BCUT2D eigenvalue weighted by Gasteiger charge is 2.23. The summed E-state index contributed by atoms with van der Waals surface area (Å²) in [5.74, 6) is 0.397. The highest BCUT2D eigenvalue weighted by molar-refractivity contribution is 5.83. The molecule has 1 heterocycles. The first kappa shape index (κ1) is 20.8. The third kappa shape index (κ3) is 5.37. The van der Waals surface area contributed by atoms with Crippen LogP contribution >= 0.6 is 0 Å². The molecule has 1 aromatic heterocycles. The molecule has 6 heteroatoms. The smallest absolute Gasteiger partial charge is 0.139 e. The van der Waals surface area contributed by atoms with Crippen molar-refractivity contribution in [2.24, 2.45) is 5.92 Å². The Kier molecular flexibility index (Phi) is 6.42. The molecule has 0 saturated heterocycles. The molecule has 2 aliphatic rings. The summed E-state index contributed by atoms with van der Waals surface area (Å²) in [4.78, 5) is 11.9. The van der Waals surface area contributed by atoms with Gasteiger partial charge in [-0.25, -0.2) is 4.68 Å². The van der Waals surface area contributed by atoms with Crippen molar-refractivity contribution >= 4 is 5.78 Å². The molecular formula is C25H27N5O. The third-order valence-corrected chi connectivity index (χ3v) is 5.99. The van der Waals surface area contributed by atoms with Gasteiger partial charge >= 0.3 is 0 Å². The topological polar surface area (TPSA) is 74.8 Å². The summed E-state index contributed by atoms with van der Waals surface area (Å²) in [7, 11) is 0. The van der Waals surface area contributed by atoms with Crippen LogP contribution in [0.5, 0.6) is 0 Å². The third-order valence-electron chi connectivity index (χ3n) is 5.99. The van der Waals surface area contributed by atoms with Gasteiger partial charge in [-0.2, -0.15) is 5.26 Å². The van der Waals surface area contributed by atoms with E-state index in [1.807, 2.05) is 35.9 Å². The van der Waals surface area contributed by atoms with E-state index >= 15 is 0 Å². The van der Waals surface area contributed by atoms with Gasteiger partial charge < -0.3 is 5.01 Å². The number of carbonyl (C=O) groups excluding carboxylic acids is 1. The summed E-state index contributed by atoms with van der Waals surface area (Å²) in [6.07, 6.45) is 12.7. The van der Waals surface area contributed by atoms with Gasteiger partial charge in [0, 0.05) is 30.4 Å². The Morgan fingerprint density at radius 2 is 2.00 bits per heavy atom. The van der Waals surface area contributed by atoms with E-state index < -0.39 is 0 Å². The molecule has 0 bridgehead atoms. The second-order valence-electron chi connectivity index (χ2n) is 8.31. The van der Waals surface area contributed by atoms with Gasteiger partial charge in [-0.1, -0.05) is 55.0 Å². The molecule has 0 amide bonds. The van der Waals surface area contributed by atoms with Crippen LogP contribution in [0.15, 0.2) is 77.9 Å². The summed E-state index contributed by atoms with van der Waals surface area (Å²) in [6.45, 7) is 3.45. The fraction of sp³-hybridized carbons (Fsp3) is 0.360. The van der Waals surface area contributed by atoms with Crippen molar-refractivity contribution < 1.29 is 4.79 Å². The summed E-state index contributed by atoms with van der Waals surface area (Å²) in [5.41, 5.74) is 4.45. The lowest BCUT2D eigenvalue weighted by atomic mass is 9.87. The van der Waals surface area contributed by atoms with E-state index in [0.717, 1.165) is 36.9 Å². The molecule has 2 atom stereocenters. The number of nitriles is 1. The minimum atomic E-state index is 0.0208. The number of ketones is 1. The van der Waals surface area contributed by atoms with Gasteiger partial charge in [-0.05, 0) is 36.5 Å². The quantitative estimate of drug-likeness (QED) is 0.457. The molecule has 2 unspecified atom stereocenters. The second-order valence-corrected chi connectivity index (χ2v) is 8.31. The molecule has 2 aliphatic carbocycles. The fourth-order valence-electron chi connectivity index (χ4n) is 4.07. The fourth-order valence-corrected chi connectivity index (χ4v) is 4.07. The van der Waals surface area contributed by atoms with Crippen molar-refractivity contribution in [1.82, 2.24) is 14.9 Å². The van der Waals surface area contributed by atoms with Gasteiger partial charge in [-0.3, -0.25) is 4.79 Å². The van der Waals surface area contributed by atoms with E-state index in [1.54, 1.807) is 12.7 Å². The Labute approximate surface area is 183 Å². The van der Waals surface area contributed by atoms with Crippen LogP contribution in [0.4, 0.5) is 0 Å². The first-order chi connectivity index (χ1) is 15.1. The number of allylic oxidation sites excluding steroid dienone is 5. The predicted molar refractivity (Wildman–Crippen MR) is 120 cm³/mol. The van der Waals surface area contributed by atoms with E-state index in [0.29, 0.717) is 18.7 Å². The second kappa shape index (κ2) is 9.57. The lowest BCUT2D eigenvalue weighted by molar-refractivity contribution is -0.121. The Hall–Kier alpha value is -3.46. The molecule has 0 N–H and O–H groups in total. The lowest BCUT2D eigenvalue weighted by Crippen LogP contribution is -2.38. The number of hydrogen-bond donors (Lipinski definition) is 0. The minimum absolute atomic E-state index is 0.0208. The van der Waals surface area contributed by atoms with E-state index in [4.69, 9.17) is 0 Å². The zero-order chi connectivity index (χ0) is 21.6. The van der Waals surface area contributed by atoms with Gasteiger partial charge in [0.05, 0.1) is 12.6 Å². The Morgan fingerprint density at radius 3 is 2.65 bits per heavy atom. The number of rotatable bonds is 9. The van der Waals surface area contributed by atoms with E-state index in [9.17, 15) is 10.1 Å². The summed E-state index contributed by atoms with van der Waals surface area (Å²) >= 11 is 0. The lowest BCUT2D eigenvalue weighted by Gasteiger charge is -2.30. The molecule has 31 heavy (non-hydrogen) atoms. The van der Waals surface area contributed by atoms with Crippen molar-refractivity contribution in [2.45, 2.75) is 38.5 Å². The first-order valence-electron chi connectivity index (χ1n) is 10.8. The van der Waals surface area contributed by atoms with E-state index in [-0.39, 0.29) is 11.8 Å². The van der Waals surface area contributed by atoms with Crippen molar-refractivity contribution in [3.8, 4) is 6.07 Å². The van der Waals surface area contributed by atoms with Crippen molar-refractivity contribution in [2.75, 3.05) is 18.1 Å². The molecule has 2 aromatic rings. The summed E-state index contributed by atoms with van der Waals surface area (Å²) in [6, 6.07) is 12.7. The normalized spacial score (nSPS) is 19.3. The predicted octanol–water partition coefficient (Wildman–Crippen LogP) is 4.10. The van der Waals surface area contributed by atoms with Gasteiger partial charge in [0.2, 0.25) is 0 Å². The minimum Gasteiger partial charge on any atom is -0.306 e. The zero-order valence-corrected chi connectivity index (χ0v) is 17.8. The zero-order valence-electron chi connectivity index (χ0n) is 17.8. The monoisotopic (exact) mass is 413 g/mol. The van der Waals surface area contributed by atoms with Crippen molar-refractivity contribution in [3.63, 3.8) is 0 Å². The molecule has 158 valence electrons. The van der Waals surface area contributed by atoms with Crippen LogP contribution < -0.4 is 5.01 Å². The number of Topliss-reactive ketones (excluding diaryl/α,β-unsaturated/α-hetero) is 1. The average Bonchev–Trinajstić information content (AvgIpc) is 3.44. The van der Waals surface area contributed by atoms with Crippen LogP contribution in [0.2, 0.25) is 0 Å². The highest BCUT2D eigenvalue weighted by atomic mass is 16.1. The number of hydrogen-bond acceptors (Lipinski definition) is 5. The van der Waals surface area contributed by atoms with Gasteiger partial charge in [-0.15, -0.1) is 10.2 Å². The van der Waals surface area contributed by atoms with Gasteiger partial charge in [0.1, 0.15) is 18.4 Å². The Morgan fingerprint density at radius 1 is 1.26 bits per heavy atom. The number of benzene rings is 1. The molecule has 0 spiro atoms. The van der Waals surface area contributed by atoms with Crippen molar-refractivity contribution in [1.29, 1.82) is 5.26 Å². The molecule has 1 aromatic carbocycles. The largest absolute Gasteiger partial charge is 0.306 e. The first-order valence-corrected chi connectivity index (χ1v) is 10.8.